The van der Waals surface area contributed by atoms with Crippen LogP contribution in [0.3, 0.4) is 0 Å². The van der Waals surface area contributed by atoms with Gasteiger partial charge in [0.15, 0.2) is 11.6 Å². The number of hydrogen-bond acceptors (Lipinski definition) is 10. The molecule has 0 aliphatic rings. The van der Waals surface area contributed by atoms with E-state index in [0.29, 0.717) is 0 Å². The molecule has 9 aromatic rings. The van der Waals surface area contributed by atoms with Crippen LogP contribution in [0, 0.1) is 0 Å². The summed E-state index contributed by atoms with van der Waals surface area (Å²) in [5.41, 5.74) is 0. The van der Waals surface area contributed by atoms with Crippen molar-refractivity contribution in [3.63, 3.8) is 0 Å². The van der Waals surface area contributed by atoms with Crippen LogP contribution in [0.1, 0.15) is 0 Å². The van der Waals surface area contributed by atoms with Crippen LogP contribution in [0.2, 0.25) is 0 Å². The number of fused-ring (bicyclic) bond motifs is 6. The molecule has 4 nitrogen and oxygen atoms in total. The molecule has 0 atom stereocenters. The molecule has 0 aliphatic heterocycles. The summed E-state index contributed by atoms with van der Waals surface area (Å²) in [5.74, 6) is 1.58. The molecule has 10 heteroatoms. The standard InChI is InChI=1S/C30H14N4S6/c1-7-31-29(32-8-1)19-5-3-17(35-19)23-13-25-27(39-23)15-11-22-16(12-21(15)37-25)28-26(38-22)14-24(40-28)18-4-6-20(36-18)30-33-9-2-10-34-30/h1-14H. The van der Waals surface area contributed by atoms with Gasteiger partial charge >= 0.3 is 0 Å². The second kappa shape index (κ2) is 9.07. The minimum atomic E-state index is 0.788. The van der Waals surface area contributed by atoms with Gasteiger partial charge in [0.25, 0.3) is 0 Å². The first kappa shape index (κ1) is 23.3. The van der Waals surface area contributed by atoms with Crippen LogP contribution in [0.25, 0.3) is 79.9 Å². The molecule has 0 amide bonds. The molecule has 0 unspecified atom stereocenters. The molecular formula is C30H14N4S6. The molecule has 8 heterocycles. The molecule has 0 spiro atoms. The molecule has 0 fully saturated rings. The number of hydrogen-bond donors (Lipinski definition) is 0. The maximum Gasteiger partial charge on any atom is 0.169 e. The van der Waals surface area contributed by atoms with Crippen molar-refractivity contribution in [1.29, 1.82) is 0 Å². The zero-order chi connectivity index (χ0) is 26.2. The lowest BCUT2D eigenvalue weighted by molar-refractivity contribution is 1.19. The average molecular weight is 623 g/mol. The Morgan fingerprint density at radius 3 is 1.25 bits per heavy atom. The Kier molecular flexibility index (Phi) is 5.29. The molecule has 0 saturated heterocycles. The lowest BCUT2D eigenvalue weighted by Crippen LogP contribution is -1.81. The summed E-state index contributed by atoms with van der Waals surface area (Å²) < 4.78 is 8.20. The summed E-state index contributed by atoms with van der Waals surface area (Å²) in [4.78, 5) is 25.0. The Morgan fingerprint density at radius 1 is 0.375 bits per heavy atom. The highest BCUT2D eigenvalue weighted by molar-refractivity contribution is 7.36. The van der Waals surface area contributed by atoms with Crippen molar-refractivity contribution in [1.82, 2.24) is 19.9 Å². The van der Waals surface area contributed by atoms with E-state index in [4.69, 9.17) is 0 Å². The molecule has 8 aromatic heterocycles. The third-order valence-electron chi connectivity index (χ3n) is 6.68. The van der Waals surface area contributed by atoms with Gasteiger partial charge < -0.3 is 0 Å². The number of thiophene rings is 6. The van der Waals surface area contributed by atoms with Crippen molar-refractivity contribution >= 4 is 107 Å². The number of nitrogens with zero attached hydrogens (tertiary/aromatic N) is 4. The van der Waals surface area contributed by atoms with Crippen LogP contribution in [-0.4, -0.2) is 19.9 Å². The van der Waals surface area contributed by atoms with Crippen LogP contribution in [0.15, 0.2) is 85.5 Å². The van der Waals surface area contributed by atoms with E-state index in [2.05, 4.69) is 68.5 Å². The minimum Gasteiger partial charge on any atom is -0.236 e. The van der Waals surface area contributed by atoms with Gasteiger partial charge in [-0.3, -0.25) is 0 Å². The van der Waals surface area contributed by atoms with Crippen LogP contribution in [0.4, 0.5) is 0 Å². The van der Waals surface area contributed by atoms with Gasteiger partial charge in [0.2, 0.25) is 0 Å². The van der Waals surface area contributed by atoms with Crippen molar-refractivity contribution < 1.29 is 0 Å². The van der Waals surface area contributed by atoms with Gasteiger partial charge in [-0.05, 0) is 60.7 Å². The van der Waals surface area contributed by atoms with Gasteiger partial charge in [0.05, 0.1) is 19.2 Å². The molecule has 0 saturated carbocycles. The largest absolute Gasteiger partial charge is 0.236 e. The highest BCUT2D eigenvalue weighted by Crippen LogP contribution is 2.50. The molecule has 40 heavy (non-hydrogen) atoms. The SMILES string of the molecule is c1cnc(-c2ccc(-c3cc4sc5cc6c(cc5c4s3)sc3cc(-c4ccc(-c5ncccn5)s4)sc36)s2)nc1. The first-order chi connectivity index (χ1) is 19.8. The monoisotopic (exact) mass is 622 g/mol. The van der Waals surface area contributed by atoms with Crippen LogP contribution < -0.4 is 0 Å². The van der Waals surface area contributed by atoms with Gasteiger partial charge in [-0.15, -0.1) is 68.0 Å². The average Bonchev–Trinajstić information content (AvgIpc) is 3.82. The number of rotatable bonds is 4. The molecule has 1 aromatic carbocycles. The maximum absolute atomic E-state index is 4.41. The Bertz CT molecular complexity index is 2170. The van der Waals surface area contributed by atoms with Crippen LogP contribution in [0.5, 0.6) is 0 Å². The topological polar surface area (TPSA) is 51.6 Å². The Labute approximate surface area is 251 Å². The fourth-order valence-electron chi connectivity index (χ4n) is 4.87. The van der Waals surface area contributed by atoms with Crippen LogP contribution in [-0.2, 0) is 0 Å². The van der Waals surface area contributed by atoms with E-state index in [0.717, 1.165) is 21.4 Å². The predicted molar refractivity (Wildman–Crippen MR) is 177 cm³/mol. The minimum absolute atomic E-state index is 0.788. The Hall–Kier alpha value is -3.38. The molecule has 0 N–H and O–H groups in total. The summed E-state index contributed by atoms with van der Waals surface area (Å²) in [6.45, 7) is 0. The van der Waals surface area contributed by atoms with E-state index in [1.807, 2.05) is 57.5 Å². The van der Waals surface area contributed by atoms with Crippen molar-refractivity contribution in [3.8, 4) is 40.9 Å². The third kappa shape index (κ3) is 3.72. The van der Waals surface area contributed by atoms with E-state index < -0.39 is 0 Å². The Balaban J connectivity index is 1.09. The Morgan fingerprint density at radius 2 is 0.800 bits per heavy atom. The summed E-state index contributed by atoms with van der Waals surface area (Å²) in [5, 5.41) is 2.73. The van der Waals surface area contributed by atoms with Crippen molar-refractivity contribution in [2.75, 3.05) is 0 Å². The van der Waals surface area contributed by atoms with Crippen molar-refractivity contribution in [2.24, 2.45) is 0 Å². The number of benzene rings is 1. The maximum atomic E-state index is 4.41. The normalized spacial score (nSPS) is 12.0. The first-order valence-electron chi connectivity index (χ1n) is 12.3. The van der Waals surface area contributed by atoms with Gasteiger partial charge in [0, 0.05) is 73.9 Å². The highest BCUT2D eigenvalue weighted by atomic mass is 32.1. The third-order valence-corrected chi connectivity index (χ3v) is 14.0. The van der Waals surface area contributed by atoms with Crippen LogP contribution >= 0.6 is 68.0 Å². The summed E-state index contributed by atoms with van der Waals surface area (Å²) >= 11 is 11.1. The molecule has 190 valence electrons. The van der Waals surface area contributed by atoms with E-state index in [9.17, 15) is 0 Å². The van der Waals surface area contributed by atoms with Gasteiger partial charge in [-0.2, -0.15) is 0 Å². The van der Waals surface area contributed by atoms with E-state index >= 15 is 0 Å². The molecule has 0 aliphatic carbocycles. The summed E-state index contributed by atoms with van der Waals surface area (Å²) in [7, 11) is 0. The first-order valence-corrected chi connectivity index (χ1v) is 17.2. The van der Waals surface area contributed by atoms with E-state index in [-0.39, 0.29) is 0 Å². The lowest BCUT2D eigenvalue weighted by Gasteiger charge is -1.95. The molecule has 0 bridgehead atoms. The quantitative estimate of drug-likeness (QED) is 0.196. The zero-order valence-electron chi connectivity index (χ0n) is 20.3. The van der Waals surface area contributed by atoms with Gasteiger partial charge in [-0.25, -0.2) is 19.9 Å². The van der Waals surface area contributed by atoms with E-state index in [1.165, 1.54) is 58.5 Å². The fraction of sp³-hybridized carbons (Fsp3) is 0. The second-order valence-electron chi connectivity index (χ2n) is 9.13. The molecule has 0 radical (unpaired) electrons. The number of aromatic nitrogens is 4. The van der Waals surface area contributed by atoms with Crippen molar-refractivity contribution in [2.45, 2.75) is 0 Å². The smallest absolute Gasteiger partial charge is 0.169 e. The fourth-order valence-corrected chi connectivity index (χ4v) is 12.0. The lowest BCUT2D eigenvalue weighted by atomic mass is 10.2. The second-order valence-corrected chi connectivity index (χ2v) is 15.6. The summed E-state index contributed by atoms with van der Waals surface area (Å²) in [6, 6.07) is 21.9. The predicted octanol–water partition coefficient (Wildman–Crippen LogP) is 10.9. The molecule has 9 rings (SSSR count). The zero-order valence-corrected chi connectivity index (χ0v) is 25.2. The van der Waals surface area contributed by atoms with Gasteiger partial charge in [-0.1, -0.05) is 0 Å². The molecular weight excluding hydrogens is 609 g/mol. The van der Waals surface area contributed by atoms with Gasteiger partial charge in [0.1, 0.15) is 0 Å². The summed E-state index contributed by atoms with van der Waals surface area (Å²) in [6.07, 6.45) is 7.19. The highest BCUT2D eigenvalue weighted by Gasteiger charge is 2.18. The van der Waals surface area contributed by atoms with Crippen molar-refractivity contribution in [3.05, 3.63) is 85.5 Å². The van der Waals surface area contributed by atoms with E-state index in [1.54, 1.807) is 47.5 Å².